The first-order chi connectivity index (χ1) is 8.49. The second kappa shape index (κ2) is 5.03. The fourth-order valence-corrected chi connectivity index (χ4v) is 4.28. The Labute approximate surface area is 117 Å². The average molecular weight is 268 g/mol. The zero-order valence-corrected chi connectivity index (χ0v) is 12.9. The fourth-order valence-electron chi connectivity index (χ4n) is 2.48. The van der Waals surface area contributed by atoms with Crippen molar-refractivity contribution in [2.45, 2.75) is 81.1 Å². The summed E-state index contributed by atoms with van der Waals surface area (Å²) in [7, 11) is 5.86. The number of rotatable bonds is 4. The Bertz CT molecular complexity index is 298. The second-order valence-electron chi connectivity index (χ2n) is 5.87. The van der Waals surface area contributed by atoms with Crippen molar-refractivity contribution in [3.05, 3.63) is 0 Å². The molecule has 18 heavy (non-hydrogen) atoms. The minimum Gasteiger partial charge on any atom is -0.348 e. The molecule has 0 amide bonds. The molecule has 1 saturated heterocycles. The highest BCUT2D eigenvalue weighted by atomic mass is 32.2. The second-order valence-corrected chi connectivity index (χ2v) is 7.75. The van der Waals surface area contributed by atoms with Crippen molar-refractivity contribution in [2.75, 3.05) is 6.61 Å². The van der Waals surface area contributed by atoms with Gasteiger partial charge in [0.2, 0.25) is 0 Å². The molecule has 0 aromatic heterocycles. The Kier molecular flexibility index (Phi) is 4.12. The molecule has 0 aromatic carbocycles. The van der Waals surface area contributed by atoms with Crippen LogP contribution in [0.3, 0.4) is 0 Å². The maximum absolute atomic E-state index is 6.01. The maximum Gasteiger partial charge on any atom is 0.163 e. The van der Waals surface area contributed by atoms with Crippen LogP contribution in [0.2, 0.25) is 6.32 Å². The Hall–Kier alpha value is 0.335. The Morgan fingerprint density at radius 3 is 2.11 bits per heavy atom. The van der Waals surface area contributed by atoms with Gasteiger partial charge in [0.05, 0.1) is 20.6 Å². The number of hydrogen-bond donors (Lipinski definition) is 0. The molecule has 3 rings (SSSR count). The molecule has 0 bridgehead atoms. The Morgan fingerprint density at radius 1 is 1.17 bits per heavy atom. The van der Waals surface area contributed by atoms with Crippen LogP contribution >= 0.6 is 11.8 Å². The van der Waals surface area contributed by atoms with Gasteiger partial charge in [0.15, 0.2) is 5.79 Å². The zero-order chi connectivity index (χ0) is 13.4. The maximum atomic E-state index is 6.01. The van der Waals surface area contributed by atoms with E-state index in [-0.39, 0.29) is 11.9 Å². The third kappa shape index (κ3) is 2.91. The van der Waals surface area contributed by atoms with Crippen molar-refractivity contribution in [2.24, 2.45) is 0 Å². The van der Waals surface area contributed by atoms with Gasteiger partial charge in [0, 0.05) is 9.49 Å². The molecule has 0 aromatic rings. The molecule has 1 aliphatic heterocycles. The summed E-state index contributed by atoms with van der Waals surface area (Å²) in [5.74, 6) is -0.389. The normalized spacial score (nSPS) is 33.4. The minimum absolute atomic E-state index is 0.275. The molecular formula is C14H25BO2S. The molecule has 1 unspecified atom stereocenters. The predicted molar refractivity (Wildman–Crippen MR) is 78.3 cm³/mol. The van der Waals surface area contributed by atoms with E-state index in [1.165, 1.54) is 25.7 Å². The zero-order valence-electron chi connectivity index (χ0n) is 12.1. The molecule has 2 aliphatic carbocycles. The molecule has 0 N–H and O–H groups in total. The van der Waals surface area contributed by atoms with Gasteiger partial charge in [-0.1, -0.05) is 20.2 Å². The molecule has 3 fully saturated rings. The van der Waals surface area contributed by atoms with E-state index in [0.717, 1.165) is 12.9 Å². The first-order valence-corrected chi connectivity index (χ1v) is 8.03. The molecule has 2 radical (unpaired) electrons. The van der Waals surface area contributed by atoms with Gasteiger partial charge in [-0.25, -0.2) is 0 Å². The van der Waals surface area contributed by atoms with Crippen LogP contribution in [0.25, 0.3) is 0 Å². The van der Waals surface area contributed by atoms with Crippen molar-refractivity contribution in [3.63, 3.8) is 0 Å². The summed E-state index contributed by atoms with van der Waals surface area (Å²) in [6, 6.07) is 0. The highest BCUT2D eigenvalue weighted by Gasteiger charge is 2.60. The molecule has 1 heterocycles. The Morgan fingerprint density at radius 2 is 1.78 bits per heavy atom. The topological polar surface area (TPSA) is 18.5 Å². The van der Waals surface area contributed by atoms with Crippen LogP contribution in [-0.4, -0.2) is 35.8 Å². The first kappa shape index (κ1) is 14.7. The highest BCUT2D eigenvalue weighted by molar-refractivity contribution is 8.02. The van der Waals surface area contributed by atoms with Crippen LogP contribution < -0.4 is 0 Å². The lowest BCUT2D eigenvalue weighted by atomic mass is 10.0. The quantitative estimate of drug-likeness (QED) is 0.726. The van der Waals surface area contributed by atoms with E-state index in [1.54, 1.807) is 0 Å². The van der Waals surface area contributed by atoms with Gasteiger partial charge < -0.3 is 9.47 Å². The van der Waals surface area contributed by atoms with Crippen LogP contribution in [0, 0.1) is 0 Å². The number of hydrogen-bond acceptors (Lipinski definition) is 3. The fraction of sp³-hybridized carbons (Fsp3) is 1.00. The molecule has 4 heteroatoms. The SMILES string of the molecule is CC.[B]CC1(SC2(C3COC(C)(C)O3)CC2)CC1. The molecule has 3 aliphatic rings. The molecule has 2 nitrogen and oxygen atoms in total. The lowest BCUT2D eigenvalue weighted by Crippen LogP contribution is -2.32. The van der Waals surface area contributed by atoms with E-state index in [1.807, 2.05) is 27.7 Å². The average Bonchev–Trinajstić information content (AvgIpc) is 3.27. The van der Waals surface area contributed by atoms with Gasteiger partial charge >= 0.3 is 0 Å². The van der Waals surface area contributed by atoms with Gasteiger partial charge in [0.25, 0.3) is 0 Å². The standard InChI is InChI=1S/C12H19BO2S.C2H6/c1-10(2)14-7-9(15-10)12(5-6-12)16-11(8-13)3-4-11;1-2/h9H,3-8H2,1-2H3;1-2H3. The number of ether oxygens (including phenoxy) is 2. The van der Waals surface area contributed by atoms with Crippen molar-refractivity contribution < 1.29 is 9.47 Å². The van der Waals surface area contributed by atoms with E-state index in [0.29, 0.717) is 9.49 Å². The molecular weight excluding hydrogens is 243 g/mol. The lowest BCUT2D eigenvalue weighted by Gasteiger charge is -2.27. The van der Waals surface area contributed by atoms with Crippen molar-refractivity contribution >= 4 is 19.6 Å². The van der Waals surface area contributed by atoms with Gasteiger partial charge in [-0.3, -0.25) is 0 Å². The van der Waals surface area contributed by atoms with Crippen LogP contribution in [0.15, 0.2) is 0 Å². The summed E-state index contributed by atoms with van der Waals surface area (Å²) in [6.45, 7) is 8.76. The molecule has 1 atom stereocenters. The van der Waals surface area contributed by atoms with E-state index >= 15 is 0 Å². The van der Waals surface area contributed by atoms with Crippen LogP contribution in [0.1, 0.15) is 53.4 Å². The summed E-state index contributed by atoms with van der Waals surface area (Å²) < 4.78 is 12.4. The first-order valence-electron chi connectivity index (χ1n) is 7.21. The monoisotopic (exact) mass is 268 g/mol. The van der Waals surface area contributed by atoms with Crippen LogP contribution in [-0.2, 0) is 9.47 Å². The Balaban J connectivity index is 0.000000574. The van der Waals surface area contributed by atoms with E-state index in [4.69, 9.17) is 17.3 Å². The third-order valence-corrected chi connectivity index (χ3v) is 6.02. The van der Waals surface area contributed by atoms with Crippen molar-refractivity contribution in [1.29, 1.82) is 0 Å². The smallest absolute Gasteiger partial charge is 0.163 e. The van der Waals surface area contributed by atoms with E-state index in [9.17, 15) is 0 Å². The van der Waals surface area contributed by atoms with Gasteiger partial charge in [-0.2, -0.15) is 0 Å². The van der Waals surface area contributed by atoms with Gasteiger partial charge in [-0.15, -0.1) is 11.8 Å². The van der Waals surface area contributed by atoms with E-state index in [2.05, 4.69) is 11.8 Å². The van der Waals surface area contributed by atoms with Crippen LogP contribution in [0.4, 0.5) is 0 Å². The summed E-state index contributed by atoms with van der Waals surface area (Å²) in [6.07, 6.45) is 6.19. The van der Waals surface area contributed by atoms with Gasteiger partial charge in [0.1, 0.15) is 0 Å². The summed E-state index contributed by atoms with van der Waals surface area (Å²) in [5, 5.41) is 0. The largest absolute Gasteiger partial charge is 0.348 e. The summed E-state index contributed by atoms with van der Waals surface area (Å²) >= 11 is 2.09. The summed E-state index contributed by atoms with van der Waals surface area (Å²) in [5.41, 5.74) is 0. The summed E-state index contributed by atoms with van der Waals surface area (Å²) in [4.78, 5) is 0. The molecule has 0 spiro atoms. The highest BCUT2D eigenvalue weighted by Crippen LogP contribution is 2.65. The van der Waals surface area contributed by atoms with E-state index < -0.39 is 0 Å². The van der Waals surface area contributed by atoms with Crippen molar-refractivity contribution in [1.82, 2.24) is 0 Å². The minimum atomic E-state index is -0.389. The predicted octanol–water partition coefficient (Wildman–Crippen LogP) is 3.55. The van der Waals surface area contributed by atoms with Crippen LogP contribution in [0.5, 0.6) is 0 Å². The number of thioether (sulfide) groups is 1. The third-order valence-electron chi connectivity index (χ3n) is 3.94. The van der Waals surface area contributed by atoms with Gasteiger partial charge in [-0.05, 0) is 39.5 Å². The molecule has 2 saturated carbocycles. The lowest BCUT2D eigenvalue weighted by molar-refractivity contribution is -0.139. The van der Waals surface area contributed by atoms with Crippen molar-refractivity contribution in [3.8, 4) is 0 Å². The molecule has 102 valence electrons.